The Morgan fingerprint density at radius 3 is 2.80 bits per heavy atom. The molecule has 0 radical (unpaired) electrons. The number of hydrogen-bond acceptors (Lipinski definition) is 3. The predicted octanol–water partition coefficient (Wildman–Crippen LogP) is 2.07. The summed E-state index contributed by atoms with van der Waals surface area (Å²) in [6.45, 7) is 6.65. The number of hydrogen-bond donors (Lipinski definition) is 3. The van der Waals surface area contributed by atoms with Crippen molar-refractivity contribution in [1.29, 1.82) is 0 Å². The number of aliphatic hydroxyl groups is 1. The van der Waals surface area contributed by atoms with Crippen molar-refractivity contribution in [3.05, 3.63) is 30.1 Å². The van der Waals surface area contributed by atoms with Crippen molar-refractivity contribution in [2.45, 2.75) is 45.8 Å². The van der Waals surface area contributed by atoms with Gasteiger partial charge < -0.3 is 15.7 Å². The zero-order valence-electron chi connectivity index (χ0n) is 12.5. The van der Waals surface area contributed by atoms with Crippen molar-refractivity contribution in [3.8, 4) is 0 Å². The molecule has 1 aromatic rings. The Hall–Kier alpha value is -1.62. The van der Waals surface area contributed by atoms with Crippen molar-refractivity contribution < 1.29 is 9.90 Å². The summed E-state index contributed by atoms with van der Waals surface area (Å²) < 4.78 is 0. The Morgan fingerprint density at radius 2 is 2.20 bits per heavy atom. The monoisotopic (exact) mass is 279 g/mol. The van der Waals surface area contributed by atoms with Gasteiger partial charge in [-0.15, -0.1) is 0 Å². The molecule has 0 aliphatic carbocycles. The molecular weight excluding hydrogens is 254 g/mol. The van der Waals surface area contributed by atoms with E-state index in [-0.39, 0.29) is 12.6 Å². The third kappa shape index (κ3) is 7.09. The molecule has 1 heterocycles. The number of amides is 2. The van der Waals surface area contributed by atoms with Crippen LogP contribution in [0.2, 0.25) is 0 Å². The molecule has 5 nitrogen and oxygen atoms in total. The third-order valence-corrected chi connectivity index (χ3v) is 3.07. The van der Waals surface area contributed by atoms with E-state index in [1.54, 1.807) is 19.3 Å². The minimum atomic E-state index is -0.865. The van der Waals surface area contributed by atoms with E-state index >= 15 is 0 Å². The van der Waals surface area contributed by atoms with Gasteiger partial charge in [0.1, 0.15) is 0 Å². The lowest BCUT2D eigenvalue weighted by Crippen LogP contribution is -2.44. The fourth-order valence-corrected chi connectivity index (χ4v) is 1.71. The van der Waals surface area contributed by atoms with Gasteiger partial charge in [0, 0.05) is 25.5 Å². The number of rotatable bonds is 7. The number of urea groups is 1. The average Bonchev–Trinajstić information content (AvgIpc) is 2.42. The first-order valence-corrected chi connectivity index (χ1v) is 7.02. The molecule has 0 saturated carbocycles. The maximum atomic E-state index is 11.6. The molecule has 20 heavy (non-hydrogen) atoms. The Morgan fingerprint density at radius 1 is 1.45 bits per heavy atom. The first kappa shape index (κ1) is 16.4. The Kier molecular flexibility index (Phi) is 6.45. The highest BCUT2D eigenvalue weighted by atomic mass is 16.3. The largest absolute Gasteiger partial charge is 0.388 e. The first-order valence-electron chi connectivity index (χ1n) is 7.02. The smallest absolute Gasteiger partial charge is 0.315 e. The minimum Gasteiger partial charge on any atom is -0.388 e. The van der Waals surface area contributed by atoms with Crippen LogP contribution in [-0.2, 0) is 6.54 Å². The Bertz CT molecular complexity index is 405. The van der Waals surface area contributed by atoms with Crippen LogP contribution in [0, 0.1) is 5.92 Å². The summed E-state index contributed by atoms with van der Waals surface area (Å²) in [5.74, 6) is 0.542. The predicted molar refractivity (Wildman–Crippen MR) is 79.2 cm³/mol. The second kappa shape index (κ2) is 7.85. The van der Waals surface area contributed by atoms with Crippen LogP contribution < -0.4 is 10.6 Å². The topological polar surface area (TPSA) is 74.2 Å². The average molecular weight is 279 g/mol. The lowest BCUT2D eigenvalue weighted by Gasteiger charge is -2.24. The molecule has 0 saturated heterocycles. The lowest BCUT2D eigenvalue weighted by molar-refractivity contribution is 0.0476. The van der Waals surface area contributed by atoms with Gasteiger partial charge in [-0.1, -0.05) is 19.9 Å². The molecule has 0 aliphatic heterocycles. The van der Waals surface area contributed by atoms with E-state index in [1.165, 1.54) is 0 Å². The van der Waals surface area contributed by atoms with E-state index in [4.69, 9.17) is 0 Å². The fraction of sp³-hybridized carbons (Fsp3) is 0.600. The van der Waals surface area contributed by atoms with Gasteiger partial charge in [0.2, 0.25) is 0 Å². The van der Waals surface area contributed by atoms with Crippen LogP contribution in [-0.4, -0.2) is 28.3 Å². The molecular formula is C15H25N3O2. The number of carbonyl (C=O) groups is 1. The number of pyridine rings is 1. The summed E-state index contributed by atoms with van der Waals surface area (Å²) in [5.41, 5.74) is 0.0739. The summed E-state index contributed by atoms with van der Waals surface area (Å²) in [7, 11) is 0. The second-order valence-corrected chi connectivity index (χ2v) is 5.83. The van der Waals surface area contributed by atoms with Gasteiger partial charge in [-0.2, -0.15) is 0 Å². The lowest BCUT2D eigenvalue weighted by atomic mass is 9.95. The number of aromatic nitrogens is 1. The van der Waals surface area contributed by atoms with Gasteiger partial charge in [-0.05, 0) is 37.3 Å². The van der Waals surface area contributed by atoms with Crippen LogP contribution in [0.4, 0.5) is 4.79 Å². The molecule has 2 amide bonds. The summed E-state index contributed by atoms with van der Waals surface area (Å²) in [6, 6.07) is 3.44. The number of carbonyl (C=O) groups excluding carboxylic acids is 1. The van der Waals surface area contributed by atoms with Crippen LogP contribution in [0.15, 0.2) is 24.5 Å². The molecule has 1 rings (SSSR count). The molecule has 0 aliphatic rings. The zero-order valence-corrected chi connectivity index (χ0v) is 12.5. The zero-order chi connectivity index (χ0) is 15.0. The molecule has 0 fully saturated rings. The van der Waals surface area contributed by atoms with Gasteiger partial charge in [-0.25, -0.2) is 4.79 Å². The van der Waals surface area contributed by atoms with E-state index in [9.17, 15) is 9.90 Å². The molecule has 0 unspecified atom stereocenters. The van der Waals surface area contributed by atoms with Crippen LogP contribution in [0.3, 0.4) is 0 Å². The molecule has 3 N–H and O–H groups in total. The van der Waals surface area contributed by atoms with Gasteiger partial charge in [-0.3, -0.25) is 4.98 Å². The highest BCUT2D eigenvalue weighted by molar-refractivity contribution is 5.73. The molecule has 5 heteroatoms. The normalized spacial score (nSPS) is 13.8. The molecule has 112 valence electrons. The Labute approximate surface area is 120 Å². The summed E-state index contributed by atoms with van der Waals surface area (Å²) in [6.07, 6.45) is 5.01. The van der Waals surface area contributed by atoms with Crippen LogP contribution in [0.5, 0.6) is 0 Å². The van der Waals surface area contributed by atoms with Gasteiger partial charge in [0.15, 0.2) is 0 Å². The highest BCUT2D eigenvalue weighted by Gasteiger charge is 2.21. The third-order valence-electron chi connectivity index (χ3n) is 3.07. The summed E-state index contributed by atoms with van der Waals surface area (Å²) in [5, 5.41) is 15.6. The fourth-order valence-electron chi connectivity index (χ4n) is 1.71. The number of nitrogens with one attached hydrogen (secondary N) is 2. The summed E-state index contributed by atoms with van der Waals surface area (Å²) in [4.78, 5) is 15.6. The van der Waals surface area contributed by atoms with E-state index in [0.717, 1.165) is 12.0 Å². The first-order chi connectivity index (χ1) is 9.39. The SMILES string of the molecule is CC(C)CC[C@@](C)(O)CNC(=O)NCc1cccnc1. The van der Waals surface area contributed by atoms with Crippen molar-refractivity contribution in [1.82, 2.24) is 15.6 Å². The minimum absolute atomic E-state index is 0.249. The maximum Gasteiger partial charge on any atom is 0.315 e. The molecule has 1 aromatic heterocycles. The maximum absolute atomic E-state index is 11.6. The second-order valence-electron chi connectivity index (χ2n) is 5.83. The molecule has 0 aromatic carbocycles. The standard InChI is InChI=1S/C15H25N3O2/c1-12(2)6-7-15(3,20)11-18-14(19)17-10-13-5-4-8-16-9-13/h4-5,8-9,12,20H,6-7,10-11H2,1-3H3,(H2,17,18,19)/t15-/m1/s1. The Balaban J connectivity index is 2.25. The van der Waals surface area contributed by atoms with Crippen molar-refractivity contribution in [2.75, 3.05) is 6.54 Å². The number of nitrogens with zero attached hydrogens (tertiary/aromatic N) is 1. The van der Waals surface area contributed by atoms with Crippen LogP contribution >= 0.6 is 0 Å². The van der Waals surface area contributed by atoms with E-state index < -0.39 is 5.60 Å². The van der Waals surface area contributed by atoms with Gasteiger partial charge in [0.25, 0.3) is 0 Å². The van der Waals surface area contributed by atoms with Crippen molar-refractivity contribution in [2.24, 2.45) is 5.92 Å². The van der Waals surface area contributed by atoms with Gasteiger partial charge >= 0.3 is 6.03 Å². The quantitative estimate of drug-likeness (QED) is 0.715. The molecule has 1 atom stereocenters. The van der Waals surface area contributed by atoms with Crippen LogP contribution in [0.25, 0.3) is 0 Å². The molecule has 0 spiro atoms. The highest BCUT2D eigenvalue weighted by Crippen LogP contribution is 2.15. The van der Waals surface area contributed by atoms with Gasteiger partial charge in [0.05, 0.1) is 5.60 Å². The van der Waals surface area contributed by atoms with Crippen molar-refractivity contribution in [3.63, 3.8) is 0 Å². The van der Waals surface area contributed by atoms with Crippen LogP contribution in [0.1, 0.15) is 39.2 Å². The van der Waals surface area contributed by atoms with E-state index in [2.05, 4.69) is 29.5 Å². The van der Waals surface area contributed by atoms with Crippen molar-refractivity contribution >= 4 is 6.03 Å². The van der Waals surface area contributed by atoms with E-state index in [0.29, 0.717) is 18.9 Å². The summed E-state index contributed by atoms with van der Waals surface area (Å²) >= 11 is 0. The molecule has 0 bridgehead atoms. The van der Waals surface area contributed by atoms with E-state index in [1.807, 2.05) is 12.1 Å².